The van der Waals surface area contributed by atoms with Crippen molar-refractivity contribution in [1.82, 2.24) is 4.90 Å². The van der Waals surface area contributed by atoms with Crippen LogP contribution in [0.3, 0.4) is 0 Å². The van der Waals surface area contributed by atoms with Crippen LogP contribution in [0.25, 0.3) is 0 Å². The third-order valence-corrected chi connectivity index (χ3v) is 3.45. The highest BCUT2D eigenvalue weighted by Gasteiger charge is 2.17. The molecule has 2 aromatic rings. The standard InChI is InChI=1S/C18H19FN2O4/c1-21(11-17(22)20-14-6-4-13(19)5-7-14)18(23)12-8-15(24-2)10-16(9-12)25-3/h4-10H,11H2,1-3H3,(H,20,22). The Morgan fingerprint density at radius 1 is 1.04 bits per heavy atom. The smallest absolute Gasteiger partial charge is 0.254 e. The molecule has 0 saturated carbocycles. The minimum atomic E-state index is -0.391. The first-order chi connectivity index (χ1) is 11.9. The zero-order valence-corrected chi connectivity index (χ0v) is 14.2. The second-order valence-corrected chi connectivity index (χ2v) is 5.32. The molecule has 132 valence electrons. The maximum atomic E-state index is 12.9. The second kappa shape index (κ2) is 8.14. The molecular formula is C18H19FN2O4. The van der Waals surface area contributed by atoms with E-state index in [0.717, 1.165) is 0 Å². The molecule has 25 heavy (non-hydrogen) atoms. The predicted molar refractivity (Wildman–Crippen MR) is 91.5 cm³/mol. The molecule has 0 aliphatic rings. The first-order valence-corrected chi connectivity index (χ1v) is 7.47. The van der Waals surface area contributed by atoms with Gasteiger partial charge in [0, 0.05) is 24.4 Å². The number of nitrogens with zero attached hydrogens (tertiary/aromatic N) is 1. The third-order valence-electron chi connectivity index (χ3n) is 3.45. The van der Waals surface area contributed by atoms with Gasteiger partial charge in [0.15, 0.2) is 0 Å². The quantitative estimate of drug-likeness (QED) is 0.873. The first-order valence-electron chi connectivity index (χ1n) is 7.47. The van der Waals surface area contributed by atoms with Gasteiger partial charge < -0.3 is 19.7 Å². The van der Waals surface area contributed by atoms with Crippen LogP contribution in [0.1, 0.15) is 10.4 Å². The molecule has 6 nitrogen and oxygen atoms in total. The minimum absolute atomic E-state index is 0.157. The summed E-state index contributed by atoms with van der Waals surface area (Å²) in [7, 11) is 4.49. The van der Waals surface area contributed by atoms with Crippen molar-refractivity contribution in [3.63, 3.8) is 0 Å². The summed E-state index contributed by atoms with van der Waals surface area (Å²) < 4.78 is 23.1. The molecule has 0 atom stereocenters. The fourth-order valence-corrected chi connectivity index (χ4v) is 2.17. The highest BCUT2D eigenvalue weighted by molar-refractivity contribution is 5.99. The molecule has 0 aromatic heterocycles. The Morgan fingerprint density at radius 3 is 2.12 bits per heavy atom. The van der Waals surface area contributed by atoms with Crippen LogP contribution in [-0.4, -0.2) is 44.5 Å². The number of likely N-dealkylation sites (N-methyl/N-ethyl adjacent to an activating group) is 1. The second-order valence-electron chi connectivity index (χ2n) is 5.32. The molecule has 0 radical (unpaired) electrons. The summed E-state index contributed by atoms with van der Waals surface area (Å²) in [6, 6.07) is 10.2. The number of hydrogen-bond acceptors (Lipinski definition) is 4. The lowest BCUT2D eigenvalue weighted by Crippen LogP contribution is -2.34. The van der Waals surface area contributed by atoms with Crippen LogP contribution in [0.5, 0.6) is 11.5 Å². The van der Waals surface area contributed by atoms with Crippen LogP contribution in [0.4, 0.5) is 10.1 Å². The lowest BCUT2D eigenvalue weighted by molar-refractivity contribution is -0.116. The predicted octanol–water partition coefficient (Wildman–Crippen LogP) is 2.55. The molecule has 7 heteroatoms. The lowest BCUT2D eigenvalue weighted by Gasteiger charge is -2.18. The van der Waals surface area contributed by atoms with E-state index in [4.69, 9.17) is 9.47 Å². The summed E-state index contributed by atoms with van der Waals surface area (Å²) in [6.45, 7) is -0.157. The number of rotatable bonds is 6. The molecule has 0 saturated heterocycles. The number of nitrogens with one attached hydrogen (secondary N) is 1. The van der Waals surface area contributed by atoms with Gasteiger partial charge in [-0.1, -0.05) is 0 Å². The molecule has 0 unspecified atom stereocenters. The van der Waals surface area contributed by atoms with Crippen LogP contribution < -0.4 is 14.8 Å². The van der Waals surface area contributed by atoms with Gasteiger partial charge in [0.05, 0.1) is 20.8 Å². The number of halogens is 1. The Hall–Kier alpha value is -3.09. The van der Waals surface area contributed by atoms with E-state index in [-0.39, 0.29) is 12.5 Å². The minimum Gasteiger partial charge on any atom is -0.497 e. The summed E-state index contributed by atoms with van der Waals surface area (Å²) >= 11 is 0. The number of benzene rings is 2. The van der Waals surface area contributed by atoms with Gasteiger partial charge in [0.2, 0.25) is 5.91 Å². The topological polar surface area (TPSA) is 67.9 Å². The van der Waals surface area contributed by atoms with Crippen LogP contribution in [-0.2, 0) is 4.79 Å². The number of methoxy groups -OCH3 is 2. The van der Waals surface area contributed by atoms with E-state index >= 15 is 0 Å². The van der Waals surface area contributed by atoms with Crippen molar-refractivity contribution in [2.75, 3.05) is 33.1 Å². The van der Waals surface area contributed by atoms with E-state index in [1.165, 1.54) is 50.4 Å². The first kappa shape index (κ1) is 18.3. The van der Waals surface area contributed by atoms with E-state index in [1.54, 1.807) is 18.2 Å². The van der Waals surface area contributed by atoms with Gasteiger partial charge >= 0.3 is 0 Å². The highest BCUT2D eigenvalue weighted by atomic mass is 19.1. The van der Waals surface area contributed by atoms with Crippen molar-refractivity contribution < 1.29 is 23.5 Å². The summed E-state index contributed by atoms with van der Waals surface area (Å²) in [6.07, 6.45) is 0. The summed E-state index contributed by atoms with van der Waals surface area (Å²) in [5, 5.41) is 2.60. The van der Waals surface area contributed by atoms with Crippen LogP contribution in [0, 0.1) is 5.82 Å². The van der Waals surface area contributed by atoms with Gasteiger partial charge in [-0.2, -0.15) is 0 Å². The van der Waals surface area contributed by atoms with Crippen LogP contribution >= 0.6 is 0 Å². The van der Waals surface area contributed by atoms with Crippen molar-refractivity contribution in [2.24, 2.45) is 0 Å². The molecule has 0 bridgehead atoms. The highest BCUT2D eigenvalue weighted by Crippen LogP contribution is 2.23. The Bertz CT molecular complexity index is 740. The van der Waals surface area contributed by atoms with Crippen LogP contribution in [0.15, 0.2) is 42.5 Å². The van der Waals surface area contributed by atoms with Crippen molar-refractivity contribution >= 4 is 17.5 Å². The normalized spacial score (nSPS) is 10.1. The number of anilines is 1. The molecule has 0 fully saturated rings. The van der Waals surface area contributed by atoms with E-state index in [2.05, 4.69) is 5.32 Å². The van der Waals surface area contributed by atoms with Gasteiger partial charge in [-0.3, -0.25) is 9.59 Å². The summed E-state index contributed by atoms with van der Waals surface area (Å²) in [4.78, 5) is 25.8. The molecule has 2 rings (SSSR count). The molecule has 2 amide bonds. The average Bonchev–Trinajstić information content (AvgIpc) is 2.62. The Morgan fingerprint density at radius 2 is 1.60 bits per heavy atom. The Balaban J connectivity index is 2.04. The molecular weight excluding hydrogens is 327 g/mol. The maximum Gasteiger partial charge on any atom is 0.254 e. The molecule has 2 aromatic carbocycles. The SMILES string of the molecule is COc1cc(OC)cc(C(=O)N(C)CC(=O)Nc2ccc(F)cc2)c1. The van der Waals surface area contributed by atoms with Gasteiger partial charge in [0.25, 0.3) is 5.91 Å². The monoisotopic (exact) mass is 346 g/mol. The van der Waals surface area contributed by atoms with Gasteiger partial charge in [-0.05, 0) is 36.4 Å². The van der Waals surface area contributed by atoms with Crippen molar-refractivity contribution in [3.8, 4) is 11.5 Å². The number of hydrogen-bond donors (Lipinski definition) is 1. The summed E-state index contributed by atoms with van der Waals surface area (Å²) in [5.74, 6) is -0.181. The maximum absolute atomic E-state index is 12.9. The summed E-state index contributed by atoms with van der Waals surface area (Å²) in [5.41, 5.74) is 0.795. The molecule has 0 spiro atoms. The van der Waals surface area contributed by atoms with E-state index < -0.39 is 11.7 Å². The number of carbonyl (C=O) groups excluding carboxylic acids is 2. The molecule has 1 N–H and O–H groups in total. The van der Waals surface area contributed by atoms with Crippen LogP contribution in [0.2, 0.25) is 0 Å². The van der Waals surface area contributed by atoms with E-state index in [0.29, 0.717) is 22.7 Å². The Labute approximate surface area is 145 Å². The van der Waals surface area contributed by atoms with Crippen molar-refractivity contribution in [3.05, 3.63) is 53.8 Å². The fraction of sp³-hybridized carbons (Fsp3) is 0.222. The fourth-order valence-electron chi connectivity index (χ4n) is 2.17. The molecule has 0 aliphatic carbocycles. The lowest BCUT2D eigenvalue weighted by atomic mass is 10.1. The zero-order valence-electron chi connectivity index (χ0n) is 14.2. The Kier molecular flexibility index (Phi) is 5.94. The van der Waals surface area contributed by atoms with Crippen molar-refractivity contribution in [2.45, 2.75) is 0 Å². The number of amides is 2. The number of carbonyl (C=O) groups is 2. The zero-order chi connectivity index (χ0) is 18.4. The van der Waals surface area contributed by atoms with Crippen molar-refractivity contribution in [1.29, 1.82) is 0 Å². The van der Waals surface area contributed by atoms with Gasteiger partial charge in [-0.25, -0.2) is 4.39 Å². The van der Waals surface area contributed by atoms with E-state index in [9.17, 15) is 14.0 Å². The van der Waals surface area contributed by atoms with Gasteiger partial charge in [0.1, 0.15) is 17.3 Å². The van der Waals surface area contributed by atoms with Gasteiger partial charge in [-0.15, -0.1) is 0 Å². The average molecular weight is 346 g/mol. The number of ether oxygens (including phenoxy) is 2. The molecule has 0 aliphatic heterocycles. The van der Waals surface area contributed by atoms with E-state index in [1.807, 2.05) is 0 Å². The third kappa shape index (κ3) is 4.94. The molecule has 0 heterocycles. The largest absolute Gasteiger partial charge is 0.497 e.